The maximum absolute atomic E-state index is 9.52. The highest BCUT2D eigenvalue weighted by Crippen LogP contribution is 2.56. The summed E-state index contributed by atoms with van der Waals surface area (Å²) in [6.45, 7) is 18.8. The number of rotatable bonds is 7. The lowest BCUT2D eigenvalue weighted by molar-refractivity contribution is 0.660. The van der Waals surface area contributed by atoms with Crippen LogP contribution in [0.5, 0.6) is 0 Å². The predicted octanol–water partition coefficient (Wildman–Crippen LogP) is 29.2. The van der Waals surface area contributed by atoms with E-state index in [1.807, 2.05) is 12.1 Å². The molecule has 0 unspecified atom stereocenters. The summed E-state index contributed by atoms with van der Waals surface area (Å²) in [4.78, 5) is 16.4. The summed E-state index contributed by atoms with van der Waals surface area (Å²) >= 11 is 0. The van der Waals surface area contributed by atoms with E-state index in [9.17, 15) is 5.26 Å². The van der Waals surface area contributed by atoms with Gasteiger partial charge >= 0.3 is 0 Å². The summed E-state index contributed by atoms with van der Waals surface area (Å²) < 4.78 is 0. The fraction of sp³-hybridized carbons (Fsp3) is 0.107. The summed E-state index contributed by atoms with van der Waals surface area (Å²) in [7, 11) is 0. The van der Waals surface area contributed by atoms with E-state index in [1.54, 1.807) is 0 Å². The van der Waals surface area contributed by atoms with Crippen LogP contribution < -0.4 is 0 Å². The molecule has 4 nitrogen and oxygen atoms in total. The number of para-hydroxylation sites is 1. The summed E-state index contributed by atoms with van der Waals surface area (Å²) in [6.07, 6.45) is 0. The van der Waals surface area contributed by atoms with Crippen LogP contribution in [-0.4, -0.2) is 15.0 Å². The van der Waals surface area contributed by atoms with Crippen LogP contribution in [0.15, 0.2) is 340 Å². The molecule has 0 spiro atoms. The van der Waals surface area contributed by atoms with Crippen molar-refractivity contribution in [1.29, 1.82) is 5.26 Å². The van der Waals surface area contributed by atoms with E-state index in [2.05, 4.69) is 389 Å². The highest BCUT2D eigenvalue weighted by Gasteiger charge is 2.40. The molecule has 3 heterocycles. The van der Waals surface area contributed by atoms with Crippen LogP contribution >= 0.6 is 0 Å². The van der Waals surface area contributed by atoms with Crippen molar-refractivity contribution in [2.75, 3.05) is 0 Å². The van der Waals surface area contributed by atoms with Gasteiger partial charge in [-0.1, -0.05) is 328 Å². The average Bonchev–Trinajstić information content (AvgIpc) is 1.32. The quantitative estimate of drug-likeness (QED) is 0.149. The third kappa shape index (κ3) is 10.3. The molecule has 0 atom stereocenters. The Balaban J connectivity index is 0.000000144. The van der Waals surface area contributed by atoms with Gasteiger partial charge < -0.3 is 0 Å². The first kappa shape index (κ1) is 68.8. The van der Waals surface area contributed by atoms with Crippen LogP contribution in [0.3, 0.4) is 0 Å². The number of aromatic nitrogens is 3. The Hall–Kier alpha value is -14.0. The van der Waals surface area contributed by atoms with Gasteiger partial charge in [0.15, 0.2) is 0 Å². The minimum atomic E-state index is -0.126. The van der Waals surface area contributed by atoms with Crippen LogP contribution in [0.1, 0.15) is 105 Å². The Morgan fingerprint density at radius 2 is 0.500 bits per heavy atom. The first-order valence-electron chi connectivity index (χ1n) is 40.6. The molecule has 0 aliphatic heterocycles. The van der Waals surface area contributed by atoms with Crippen molar-refractivity contribution in [2.24, 2.45) is 0 Å². The number of nitrogens with zero attached hydrogens (tertiary/aromatic N) is 4. The van der Waals surface area contributed by atoms with Crippen molar-refractivity contribution >= 4 is 65.0 Å². The molecular weight excluding hydrogens is 1400 g/mol. The second kappa shape index (κ2) is 25.5. The molecule has 0 bridgehead atoms. The number of fused-ring (bicyclic) bond motifs is 21. The molecule has 548 valence electrons. The Labute approximate surface area is 676 Å². The van der Waals surface area contributed by atoms with E-state index in [0.29, 0.717) is 5.56 Å². The molecule has 0 saturated heterocycles. The smallest absolute Gasteiger partial charge is 0.0991 e. The van der Waals surface area contributed by atoms with Gasteiger partial charge in [-0.3, -0.25) is 0 Å². The Bertz CT molecular complexity index is 7510. The van der Waals surface area contributed by atoms with Crippen LogP contribution in [0.25, 0.3) is 188 Å². The fourth-order valence-corrected chi connectivity index (χ4v) is 20.5. The second-order valence-electron chi connectivity index (χ2n) is 34.4. The Morgan fingerprint density at radius 1 is 0.207 bits per heavy atom. The van der Waals surface area contributed by atoms with Gasteiger partial charge in [-0.2, -0.15) is 5.26 Å². The van der Waals surface area contributed by atoms with E-state index < -0.39 is 0 Å². The molecule has 3 aromatic heterocycles. The average molecular weight is 1480 g/mol. The summed E-state index contributed by atoms with van der Waals surface area (Å²) in [5.74, 6) is 0. The van der Waals surface area contributed by atoms with Crippen molar-refractivity contribution in [3.05, 3.63) is 390 Å². The lowest BCUT2D eigenvalue weighted by atomic mass is 9.81. The molecule has 23 rings (SSSR count). The Morgan fingerprint density at radius 3 is 0.905 bits per heavy atom. The molecule has 0 amide bonds. The van der Waals surface area contributed by atoms with E-state index in [0.717, 1.165) is 99.3 Å². The minimum Gasteiger partial charge on any atom is -0.247 e. The Kier molecular flexibility index (Phi) is 15.1. The van der Waals surface area contributed by atoms with Crippen molar-refractivity contribution in [3.8, 4) is 129 Å². The van der Waals surface area contributed by atoms with Crippen molar-refractivity contribution < 1.29 is 0 Å². The van der Waals surface area contributed by atoms with E-state index in [-0.39, 0.29) is 21.7 Å². The lowest BCUT2D eigenvalue weighted by Crippen LogP contribution is -2.15. The maximum atomic E-state index is 9.52. The van der Waals surface area contributed by atoms with Gasteiger partial charge in [0.05, 0.1) is 45.3 Å². The maximum Gasteiger partial charge on any atom is 0.0991 e. The number of nitriles is 1. The minimum absolute atomic E-state index is 0.106. The van der Waals surface area contributed by atoms with Gasteiger partial charge in [-0.05, 0) is 216 Å². The molecule has 4 heteroatoms. The van der Waals surface area contributed by atoms with Gasteiger partial charge in [-0.25, -0.2) is 15.0 Å². The van der Waals surface area contributed by atoms with Crippen LogP contribution in [0, 0.1) is 11.3 Å². The molecular formula is C112H80N4. The third-order valence-electron chi connectivity index (χ3n) is 26.6. The highest BCUT2D eigenvalue weighted by molar-refractivity contribution is 6.19. The zero-order valence-electron chi connectivity index (χ0n) is 66.1. The zero-order chi connectivity index (χ0) is 78.3. The topological polar surface area (TPSA) is 62.5 Å². The third-order valence-corrected chi connectivity index (χ3v) is 26.6. The van der Waals surface area contributed by atoms with Crippen molar-refractivity contribution in [1.82, 2.24) is 15.0 Å². The summed E-state index contributed by atoms with van der Waals surface area (Å²) in [6, 6.07) is 127. The van der Waals surface area contributed by atoms with E-state index in [4.69, 9.17) is 15.0 Å². The molecule has 0 saturated carbocycles. The van der Waals surface area contributed by atoms with Gasteiger partial charge in [0.2, 0.25) is 0 Å². The SMILES string of the molecule is CC1(C)c2ccccc2-c2ccc(-c3cc(-c4ccc5c(c4)C(C)(C)c4ccccc4-5)c4cc(-c5ccc(-c6nc7ccccc7c7ccccc67)cc5)c5ccccc5c4n3)cc21.CC1(C)c2ccccc2-c2ccc(-c3cc(-c4ccc5c(c4)C(C)(C)c4ccccc4-5)c4cc(-c5ccc(C#N)cc5)c5ccccc5c4n3)cc21. The standard InChI is InChI=1S/C62H44N2.C50H36N2/c1-61(2)53-22-12-9-17-43(53)45-31-29-39(33-55(45)61)51-36-58(40-30-32-46-44-18-10-13-23-54(44)62(3,4)56(46)34-40)64-60-49-21-8-6-16-42(49)50(35-52(51)60)37-25-27-38(28-26-37)59-48-20-7-5-15-41(48)47-19-11-14-24-57(47)63-59;1-49(2)43-15-9-7-12-35(43)37-23-21-32(25-45(37)49)41-28-47(33-22-24-38-36-13-8-10-16-44(36)50(3,4)46(38)26-33)52-48-39-14-6-5-11-34(39)40(27-42(41)48)31-19-17-30(29-51)18-20-31/h5-36H,1-4H3;5-28H,1-4H3. The van der Waals surface area contributed by atoms with Crippen LogP contribution in [-0.2, 0) is 21.7 Å². The molecule has 16 aromatic carbocycles. The van der Waals surface area contributed by atoms with Gasteiger partial charge in [0.25, 0.3) is 0 Å². The van der Waals surface area contributed by atoms with Crippen molar-refractivity contribution in [2.45, 2.75) is 77.0 Å². The molecule has 0 radical (unpaired) electrons. The highest BCUT2D eigenvalue weighted by atomic mass is 14.7. The van der Waals surface area contributed by atoms with Gasteiger partial charge in [0.1, 0.15) is 0 Å². The monoisotopic (exact) mass is 1480 g/mol. The number of hydrogen-bond donors (Lipinski definition) is 0. The first-order valence-corrected chi connectivity index (χ1v) is 40.6. The number of pyridine rings is 3. The van der Waals surface area contributed by atoms with Crippen molar-refractivity contribution in [3.63, 3.8) is 0 Å². The van der Waals surface area contributed by atoms with E-state index >= 15 is 0 Å². The lowest BCUT2D eigenvalue weighted by Gasteiger charge is -2.23. The normalized spacial score (nSPS) is 14.3. The second-order valence-corrected chi connectivity index (χ2v) is 34.4. The van der Waals surface area contributed by atoms with E-state index in [1.165, 1.54) is 133 Å². The number of benzene rings is 16. The predicted molar refractivity (Wildman–Crippen MR) is 484 cm³/mol. The number of hydrogen-bond acceptors (Lipinski definition) is 4. The van der Waals surface area contributed by atoms with Crippen LogP contribution in [0.4, 0.5) is 0 Å². The molecule has 4 aliphatic carbocycles. The summed E-state index contributed by atoms with van der Waals surface area (Å²) in [5.41, 5.74) is 40.3. The molecule has 0 N–H and O–H groups in total. The zero-order valence-corrected chi connectivity index (χ0v) is 66.1. The molecule has 19 aromatic rings. The van der Waals surface area contributed by atoms with Gasteiger partial charge in [-0.15, -0.1) is 0 Å². The fourth-order valence-electron chi connectivity index (χ4n) is 20.5. The molecule has 4 aliphatic rings. The van der Waals surface area contributed by atoms with Crippen LogP contribution in [0.2, 0.25) is 0 Å². The first-order chi connectivity index (χ1) is 56.5. The summed E-state index contributed by atoms with van der Waals surface area (Å²) in [5, 5.41) is 19.9. The van der Waals surface area contributed by atoms with Gasteiger partial charge in [0, 0.05) is 70.7 Å². The molecule has 116 heavy (non-hydrogen) atoms. The largest absolute Gasteiger partial charge is 0.247 e. The molecule has 0 fully saturated rings.